The van der Waals surface area contributed by atoms with E-state index in [0.29, 0.717) is 29.8 Å². The minimum atomic E-state index is -0.550. The zero-order valence-corrected chi connectivity index (χ0v) is 17.4. The van der Waals surface area contributed by atoms with Gasteiger partial charge in [-0.2, -0.15) is 0 Å². The first kappa shape index (κ1) is 23.5. The molecule has 0 saturated heterocycles. The number of nitrogens with zero attached hydrogens (tertiary/aromatic N) is 1. The van der Waals surface area contributed by atoms with E-state index in [9.17, 15) is 14.9 Å². The summed E-state index contributed by atoms with van der Waals surface area (Å²) in [6.07, 6.45) is 9.28. The lowest BCUT2D eigenvalue weighted by Gasteiger charge is -2.16. The molecule has 1 aromatic carbocycles. The fraction of sp³-hybridized carbons (Fsp3) is 0.611. The number of methoxy groups -OCH3 is 1. The lowest BCUT2D eigenvalue weighted by molar-refractivity contribution is -0.385. The molecule has 1 aliphatic rings. The molecule has 0 heterocycles. The molecule has 2 N–H and O–H groups in total. The number of carbonyl (C=O) groups excluding carboxylic acids is 1. The van der Waals surface area contributed by atoms with Crippen LogP contribution in [0.25, 0.3) is 0 Å². The standard InChI is InChI=1S/C18H27N3O4S.ClH/c1-25-16-12-15(21(23)24)14(11-17(16)26-2)18(22)20-10-9-19-13-7-5-3-4-6-8-13;/h11-13,19H,3-10H2,1-2H3,(H,20,22);1H. The van der Waals surface area contributed by atoms with Gasteiger partial charge in [-0.3, -0.25) is 14.9 Å². The van der Waals surface area contributed by atoms with Gasteiger partial charge in [-0.05, 0) is 25.2 Å². The Hall–Kier alpha value is -1.51. The normalized spacial score (nSPS) is 14.7. The number of nitro benzene ring substituents is 1. The quantitative estimate of drug-likeness (QED) is 0.220. The Bertz CT molecular complexity index is 637. The van der Waals surface area contributed by atoms with Gasteiger partial charge in [-0.25, -0.2) is 0 Å². The van der Waals surface area contributed by atoms with Crippen molar-refractivity contribution >= 4 is 35.8 Å². The molecule has 0 unspecified atom stereocenters. The van der Waals surface area contributed by atoms with Gasteiger partial charge in [0.1, 0.15) is 11.3 Å². The van der Waals surface area contributed by atoms with Gasteiger partial charge in [0.25, 0.3) is 11.6 Å². The molecule has 2 rings (SSSR count). The van der Waals surface area contributed by atoms with E-state index in [2.05, 4.69) is 10.6 Å². The Labute approximate surface area is 170 Å². The second-order valence-electron chi connectivity index (χ2n) is 6.38. The first-order valence-corrected chi connectivity index (χ1v) is 10.2. The van der Waals surface area contributed by atoms with Gasteiger partial charge in [0.05, 0.1) is 23.0 Å². The molecule has 0 aliphatic heterocycles. The third-order valence-electron chi connectivity index (χ3n) is 4.64. The summed E-state index contributed by atoms with van der Waals surface area (Å²) in [6, 6.07) is 3.34. The van der Waals surface area contributed by atoms with Crippen molar-refractivity contribution in [2.45, 2.75) is 49.5 Å². The van der Waals surface area contributed by atoms with E-state index in [0.717, 1.165) is 0 Å². The lowest BCUT2D eigenvalue weighted by atomic mass is 10.1. The summed E-state index contributed by atoms with van der Waals surface area (Å²) < 4.78 is 5.17. The van der Waals surface area contributed by atoms with Crippen molar-refractivity contribution in [2.75, 3.05) is 26.5 Å². The number of rotatable bonds is 8. The number of hydrogen-bond acceptors (Lipinski definition) is 6. The topological polar surface area (TPSA) is 93.5 Å². The average Bonchev–Trinajstić information content (AvgIpc) is 2.92. The summed E-state index contributed by atoms with van der Waals surface area (Å²) in [6.45, 7) is 1.10. The Kier molecular flexibility index (Phi) is 10.5. The van der Waals surface area contributed by atoms with Gasteiger partial charge >= 0.3 is 0 Å². The highest BCUT2D eigenvalue weighted by Crippen LogP contribution is 2.34. The molecule has 27 heavy (non-hydrogen) atoms. The van der Waals surface area contributed by atoms with E-state index in [4.69, 9.17) is 4.74 Å². The van der Waals surface area contributed by atoms with Crippen LogP contribution in [0, 0.1) is 10.1 Å². The Balaban J connectivity index is 0.00000364. The predicted molar refractivity (Wildman–Crippen MR) is 111 cm³/mol. The second kappa shape index (κ2) is 12.0. The van der Waals surface area contributed by atoms with Crippen LogP contribution in [0.1, 0.15) is 48.9 Å². The van der Waals surface area contributed by atoms with Crippen LogP contribution in [0.3, 0.4) is 0 Å². The van der Waals surface area contributed by atoms with Crippen LogP contribution in [0.2, 0.25) is 0 Å². The predicted octanol–water partition coefficient (Wildman–Crippen LogP) is 3.79. The summed E-state index contributed by atoms with van der Waals surface area (Å²) in [5.74, 6) is -0.0342. The fourth-order valence-corrected chi connectivity index (χ4v) is 3.81. The van der Waals surface area contributed by atoms with Gasteiger partial charge < -0.3 is 15.4 Å². The maximum Gasteiger partial charge on any atom is 0.285 e. The zero-order chi connectivity index (χ0) is 18.9. The van der Waals surface area contributed by atoms with E-state index in [1.165, 1.54) is 69.5 Å². The number of nitro groups is 1. The first-order valence-electron chi connectivity index (χ1n) is 8.98. The molecule has 7 nitrogen and oxygen atoms in total. The molecule has 0 atom stereocenters. The van der Waals surface area contributed by atoms with Gasteiger partial charge in [0.15, 0.2) is 0 Å². The second-order valence-corrected chi connectivity index (χ2v) is 7.23. The maximum atomic E-state index is 12.5. The van der Waals surface area contributed by atoms with Crippen LogP contribution in [-0.4, -0.2) is 43.3 Å². The Morgan fingerprint density at radius 2 is 1.93 bits per heavy atom. The van der Waals surface area contributed by atoms with Gasteiger partial charge in [0.2, 0.25) is 0 Å². The summed E-state index contributed by atoms with van der Waals surface area (Å²) in [4.78, 5) is 23.9. The fourth-order valence-electron chi connectivity index (χ4n) is 3.23. The first-order chi connectivity index (χ1) is 12.6. The van der Waals surface area contributed by atoms with Crippen molar-refractivity contribution in [3.63, 3.8) is 0 Å². The van der Waals surface area contributed by atoms with Crippen molar-refractivity contribution in [1.82, 2.24) is 10.6 Å². The monoisotopic (exact) mass is 417 g/mol. The Morgan fingerprint density at radius 1 is 1.26 bits per heavy atom. The number of carbonyl (C=O) groups is 1. The van der Waals surface area contributed by atoms with Crippen molar-refractivity contribution < 1.29 is 14.5 Å². The van der Waals surface area contributed by atoms with Crippen LogP contribution in [0.5, 0.6) is 5.75 Å². The van der Waals surface area contributed by atoms with Crippen molar-refractivity contribution in [3.8, 4) is 5.75 Å². The van der Waals surface area contributed by atoms with E-state index in [1.807, 2.05) is 6.26 Å². The number of halogens is 1. The highest BCUT2D eigenvalue weighted by atomic mass is 35.5. The molecule has 1 saturated carbocycles. The largest absolute Gasteiger partial charge is 0.495 e. The number of hydrogen-bond donors (Lipinski definition) is 2. The van der Waals surface area contributed by atoms with E-state index in [1.54, 1.807) is 0 Å². The molecule has 152 valence electrons. The van der Waals surface area contributed by atoms with Crippen LogP contribution < -0.4 is 15.4 Å². The molecule has 1 amide bonds. The zero-order valence-electron chi connectivity index (χ0n) is 15.8. The lowest BCUT2D eigenvalue weighted by Crippen LogP contribution is -2.37. The molecule has 0 spiro atoms. The highest BCUT2D eigenvalue weighted by Gasteiger charge is 2.23. The van der Waals surface area contributed by atoms with Crippen molar-refractivity contribution in [3.05, 3.63) is 27.8 Å². The smallest absolute Gasteiger partial charge is 0.285 e. The van der Waals surface area contributed by atoms with Crippen LogP contribution in [0.4, 0.5) is 5.69 Å². The number of ether oxygens (including phenoxy) is 1. The molecule has 1 aromatic rings. The summed E-state index contributed by atoms with van der Waals surface area (Å²) in [5.41, 5.74) is -0.177. The highest BCUT2D eigenvalue weighted by molar-refractivity contribution is 7.98. The molecule has 9 heteroatoms. The third kappa shape index (κ3) is 6.86. The SMILES string of the molecule is COc1cc([N+](=O)[O-])c(C(=O)NCCNC2CCCCCC2)cc1SC.Cl. The summed E-state index contributed by atoms with van der Waals surface area (Å²) >= 11 is 1.38. The third-order valence-corrected chi connectivity index (χ3v) is 5.40. The van der Waals surface area contributed by atoms with Crippen molar-refractivity contribution in [2.24, 2.45) is 0 Å². The molecular formula is C18H28ClN3O4S. The summed E-state index contributed by atoms with van der Waals surface area (Å²) in [7, 11) is 1.46. The minimum Gasteiger partial charge on any atom is -0.495 e. The molecular weight excluding hydrogens is 390 g/mol. The number of thioether (sulfide) groups is 1. The van der Waals surface area contributed by atoms with Crippen molar-refractivity contribution in [1.29, 1.82) is 0 Å². The van der Waals surface area contributed by atoms with Gasteiger partial charge in [-0.15, -0.1) is 24.2 Å². The van der Waals surface area contributed by atoms with Crippen LogP contribution in [-0.2, 0) is 0 Å². The van der Waals surface area contributed by atoms with Crippen LogP contribution in [0.15, 0.2) is 17.0 Å². The number of benzene rings is 1. The Morgan fingerprint density at radius 3 is 2.48 bits per heavy atom. The molecule has 0 bridgehead atoms. The van der Waals surface area contributed by atoms with Crippen LogP contribution >= 0.6 is 24.2 Å². The number of amides is 1. The molecule has 1 fully saturated rings. The van der Waals surface area contributed by atoms with E-state index in [-0.39, 0.29) is 23.7 Å². The maximum absolute atomic E-state index is 12.5. The summed E-state index contributed by atoms with van der Waals surface area (Å²) in [5, 5.41) is 17.6. The minimum absolute atomic E-state index is 0. The average molecular weight is 418 g/mol. The molecule has 1 aliphatic carbocycles. The van der Waals surface area contributed by atoms with E-state index < -0.39 is 10.8 Å². The number of nitrogens with one attached hydrogen (secondary N) is 2. The van der Waals surface area contributed by atoms with Gasteiger partial charge in [0, 0.05) is 19.1 Å². The molecule has 0 radical (unpaired) electrons. The van der Waals surface area contributed by atoms with E-state index >= 15 is 0 Å². The molecule has 0 aromatic heterocycles. The van der Waals surface area contributed by atoms with Gasteiger partial charge in [-0.1, -0.05) is 25.7 Å².